The molecule has 21 heteroatoms. The van der Waals surface area contributed by atoms with Gasteiger partial charge in [-0.25, -0.2) is 47.9 Å². The lowest BCUT2D eigenvalue weighted by atomic mass is 10.0. The molecule has 0 saturated heterocycles. The molecule has 0 amide bonds. The molecule has 2 nitrogen and oxygen atoms in total. The molecule has 0 aliphatic heterocycles. The highest BCUT2D eigenvalue weighted by molar-refractivity contribution is 7.93. The van der Waals surface area contributed by atoms with E-state index in [1.165, 1.54) is 0 Å². The monoisotopic (exact) mass is 612 g/mol. The van der Waals surface area contributed by atoms with Crippen molar-refractivity contribution in [2.24, 2.45) is 0 Å². The summed E-state index contributed by atoms with van der Waals surface area (Å²) in [6.07, 6.45) is -7.71. The lowest BCUT2D eigenvalue weighted by molar-refractivity contribution is -0.382. The summed E-state index contributed by atoms with van der Waals surface area (Å²) in [7, 11) is -8.46. The molecule has 2 aromatic carbocycles. The highest BCUT2D eigenvalue weighted by atomic mass is 32.2. The van der Waals surface area contributed by atoms with Crippen LogP contribution in [0.25, 0.3) is 0 Å². The van der Waals surface area contributed by atoms with Crippen LogP contribution in [0.15, 0.2) is 6.07 Å². The smallest absolute Gasteiger partial charge is 0.221 e. The number of benzene rings is 2. The summed E-state index contributed by atoms with van der Waals surface area (Å²) < 4.78 is 268. The highest BCUT2D eigenvalue weighted by Gasteiger charge is 2.85. The van der Waals surface area contributed by atoms with Gasteiger partial charge in [0, 0.05) is 5.56 Å². The molecular formula is C17H2F18O2S. The zero-order valence-corrected chi connectivity index (χ0v) is 17.5. The third-order valence-corrected chi connectivity index (χ3v) is 6.78. The fourth-order valence-electron chi connectivity index (χ4n) is 2.80. The molecule has 0 heterocycles. The molecule has 2 aromatic rings. The standard InChI is InChI=1S/C17H2F18O2S/c18-3-1-2(5(19)9(23)6(3)20)13(4-7(21)10(24)12(26)11(25)8(4)22)38(36,37)17(34,35)15(29,30)14(27,28)16(31,32)33/h1,13H. The SMILES string of the molecule is O=S(=O)(C(c1cc(F)c(F)c(F)c1F)c1c(F)c(F)c(F)c(F)c1F)C(F)(F)C(F)(F)C(F)(F)C(F)(F)F. The van der Waals surface area contributed by atoms with E-state index in [0.717, 1.165) is 0 Å². The number of alkyl halides is 9. The predicted octanol–water partition coefficient (Wildman–Crippen LogP) is 6.87. The van der Waals surface area contributed by atoms with Crippen LogP contribution in [-0.4, -0.2) is 31.7 Å². The lowest BCUT2D eigenvalue weighted by Crippen LogP contribution is -2.63. The van der Waals surface area contributed by atoms with E-state index in [1.54, 1.807) is 0 Å². The quantitative estimate of drug-likeness (QED) is 0.203. The number of hydrogen-bond acceptors (Lipinski definition) is 2. The number of sulfone groups is 1. The normalized spacial score (nSPS) is 14.7. The van der Waals surface area contributed by atoms with Crippen LogP contribution in [0, 0.1) is 52.4 Å². The Bertz CT molecular complexity index is 1370. The Morgan fingerprint density at radius 2 is 0.895 bits per heavy atom. The largest absolute Gasteiger partial charge is 0.460 e. The molecule has 0 N–H and O–H groups in total. The number of halogens is 18. The Morgan fingerprint density at radius 1 is 0.526 bits per heavy atom. The van der Waals surface area contributed by atoms with E-state index in [4.69, 9.17) is 0 Å². The first-order chi connectivity index (χ1) is 16.8. The Hall–Kier alpha value is -2.87. The molecule has 0 bridgehead atoms. The fraction of sp³-hybridized carbons (Fsp3) is 0.294. The summed E-state index contributed by atoms with van der Waals surface area (Å²) in [6.45, 7) is 0. The topological polar surface area (TPSA) is 34.1 Å². The summed E-state index contributed by atoms with van der Waals surface area (Å²) in [5.41, 5.74) is -6.40. The van der Waals surface area contributed by atoms with E-state index in [0.29, 0.717) is 0 Å². The van der Waals surface area contributed by atoms with Crippen LogP contribution in [0.4, 0.5) is 79.0 Å². The van der Waals surface area contributed by atoms with Gasteiger partial charge in [0.25, 0.3) is 0 Å². The molecule has 0 saturated carbocycles. The van der Waals surface area contributed by atoms with Gasteiger partial charge in [-0.05, 0) is 6.07 Å². The van der Waals surface area contributed by atoms with E-state index in [-0.39, 0.29) is 0 Å². The summed E-state index contributed by atoms with van der Waals surface area (Å²) in [5.74, 6) is -45.9. The van der Waals surface area contributed by atoms with E-state index in [2.05, 4.69) is 0 Å². The predicted molar refractivity (Wildman–Crippen MR) is 84.2 cm³/mol. The summed E-state index contributed by atoms with van der Waals surface area (Å²) in [4.78, 5) is 0. The van der Waals surface area contributed by atoms with Gasteiger partial charge in [0.05, 0.1) is 5.56 Å². The first-order valence-corrected chi connectivity index (χ1v) is 10.1. The Morgan fingerprint density at radius 3 is 1.29 bits per heavy atom. The molecule has 0 fully saturated rings. The van der Waals surface area contributed by atoms with Crippen molar-refractivity contribution in [3.63, 3.8) is 0 Å². The molecule has 214 valence electrons. The molecule has 0 aliphatic carbocycles. The number of rotatable bonds is 6. The second-order valence-electron chi connectivity index (χ2n) is 6.96. The van der Waals surface area contributed by atoms with Crippen molar-refractivity contribution in [1.29, 1.82) is 0 Å². The first-order valence-electron chi connectivity index (χ1n) is 8.58. The maximum Gasteiger partial charge on any atom is 0.460 e. The zero-order valence-electron chi connectivity index (χ0n) is 16.7. The van der Waals surface area contributed by atoms with Gasteiger partial charge in [-0.3, -0.25) is 0 Å². The Labute approximate surface area is 196 Å². The van der Waals surface area contributed by atoms with Crippen molar-refractivity contribution < 1.29 is 87.4 Å². The minimum absolute atomic E-state index is 1.16. The molecule has 0 aromatic heterocycles. The highest BCUT2D eigenvalue weighted by Crippen LogP contribution is 2.57. The zero-order chi connectivity index (χ0) is 30.1. The average molecular weight is 612 g/mol. The molecule has 38 heavy (non-hydrogen) atoms. The molecule has 2 rings (SSSR count). The van der Waals surface area contributed by atoms with Crippen molar-refractivity contribution >= 4 is 9.84 Å². The molecule has 1 atom stereocenters. The van der Waals surface area contributed by atoms with Gasteiger partial charge in [-0.15, -0.1) is 0 Å². The minimum Gasteiger partial charge on any atom is -0.221 e. The van der Waals surface area contributed by atoms with Gasteiger partial charge in [-0.1, -0.05) is 0 Å². The molecule has 0 radical (unpaired) electrons. The van der Waals surface area contributed by atoms with Crippen LogP contribution < -0.4 is 0 Å². The van der Waals surface area contributed by atoms with Crippen LogP contribution in [0.2, 0.25) is 0 Å². The van der Waals surface area contributed by atoms with Gasteiger partial charge < -0.3 is 0 Å². The van der Waals surface area contributed by atoms with Crippen LogP contribution in [0.1, 0.15) is 16.4 Å². The van der Waals surface area contributed by atoms with Gasteiger partial charge in [-0.2, -0.15) is 39.5 Å². The Balaban J connectivity index is 3.18. The van der Waals surface area contributed by atoms with Crippen molar-refractivity contribution in [2.45, 2.75) is 28.5 Å². The van der Waals surface area contributed by atoms with Gasteiger partial charge >= 0.3 is 23.3 Å². The van der Waals surface area contributed by atoms with Crippen molar-refractivity contribution in [1.82, 2.24) is 0 Å². The van der Waals surface area contributed by atoms with Crippen LogP contribution >= 0.6 is 0 Å². The fourth-order valence-corrected chi connectivity index (χ4v) is 4.60. The minimum atomic E-state index is -8.46. The van der Waals surface area contributed by atoms with Gasteiger partial charge in [0.2, 0.25) is 15.7 Å². The molecule has 0 spiro atoms. The summed E-state index contributed by atoms with van der Waals surface area (Å²) in [5, 5.41) is -13.1. The van der Waals surface area contributed by atoms with Crippen molar-refractivity contribution in [3.05, 3.63) is 69.5 Å². The molecular weight excluding hydrogens is 610 g/mol. The van der Waals surface area contributed by atoms with Crippen molar-refractivity contribution in [2.75, 3.05) is 0 Å². The third kappa shape index (κ3) is 4.12. The van der Waals surface area contributed by atoms with Crippen molar-refractivity contribution in [3.8, 4) is 0 Å². The van der Waals surface area contributed by atoms with E-state index in [1.807, 2.05) is 0 Å². The first kappa shape index (κ1) is 31.3. The number of hydrogen-bond donors (Lipinski definition) is 0. The average Bonchev–Trinajstić information content (AvgIpc) is 2.79. The maximum atomic E-state index is 14.4. The third-order valence-electron chi connectivity index (χ3n) is 4.70. The van der Waals surface area contributed by atoms with Crippen LogP contribution in [0.5, 0.6) is 0 Å². The van der Waals surface area contributed by atoms with Crippen LogP contribution in [-0.2, 0) is 9.84 Å². The van der Waals surface area contributed by atoms with E-state index < -0.39 is 108 Å². The molecule has 0 aliphatic rings. The van der Waals surface area contributed by atoms with E-state index >= 15 is 0 Å². The van der Waals surface area contributed by atoms with Gasteiger partial charge in [0.15, 0.2) is 46.5 Å². The van der Waals surface area contributed by atoms with Crippen LogP contribution in [0.3, 0.4) is 0 Å². The summed E-state index contributed by atoms with van der Waals surface area (Å²) in [6, 6.07) is -1.16. The Kier molecular flexibility index (Phi) is 7.51. The molecule has 1 unspecified atom stereocenters. The second kappa shape index (κ2) is 9.11. The van der Waals surface area contributed by atoms with Gasteiger partial charge in [0.1, 0.15) is 5.25 Å². The lowest BCUT2D eigenvalue weighted by Gasteiger charge is -2.35. The van der Waals surface area contributed by atoms with E-state index in [9.17, 15) is 87.4 Å². The second-order valence-corrected chi connectivity index (χ2v) is 9.04. The maximum absolute atomic E-state index is 14.4. The summed E-state index contributed by atoms with van der Waals surface area (Å²) >= 11 is 0.